The summed E-state index contributed by atoms with van der Waals surface area (Å²) < 4.78 is 0. The van der Waals surface area contributed by atoms with Crippen LogP contribution in [0.4, 0.5) is 0 Å². The number of aryl methyl sites for hydroxylation is 1. The highest BCUT2D eigenvalue weighted by Gasteiger charge is 2.12. The smallest absolute Gasteiger partial charge is 0.320 e. The van der Waals surface area contributed by atoms with Crippen molar-refractivity contribution in [3.8, 4) is 11.3 Å². The van der Waals surface area contributed by atoms with Gasteiger partial charge in [-0.1, -0.05) is 0 Å². The largest absolute Gasteiger partial charge is 0.480 e. The highest BCUT2D eigenvalue weighted by atomic mass is 32.1. The molecular weight excluding hydrogens is 250 g/mol. The van der Waals surface area contributed by atoms with Gasteiger partial charge in [-0.3, -0.25) is 9.78 Å². The zero-order chi connectivity index (χ0) is 13.0. The molecule has 0 spiro atoms. The van der Waals surface area contributed by atoms with Gasteiger partial charge in [-0.25, -0.2) is 4.98 Å². The fourth-order valence-corrected chi connectivity index (χ4v) is 2.30. The molecule has 0 aliphatic heterocycles. The summed E-state index contributed by atoms with van der Waals surface area (Å²) in [5, 5.41) is 11.5. The number of nitrogens with zero attached hydrogens (tertiary/aromatic N) is 2. The Kier molecular flexibility index (Phi) is 4.01. The lowest BCUT2D eigenvalue weighted by molar-refractivity contribution is -0.138. The molecule has 0 saturated carbocycles. The molecule has 1 unspecified atom stereocenters. The van der Waals surface area contributed by atoms with Crippen LogP contribution in [0.3, 0.4) is 0 Å². The molecule has 0 radical (unpaired) electrons. The molecule has 6 heteroatoms. The number of nitrogens with two attached hydrogens (primary N) is 1. The van der Waals surface area contributed by atoms with Crippen LogP contribution >= 0.6 is 11.3 Å². The van der Waals surface area contributed by atoms with Crippen molar-refractivity contribution in [2.24, 2.45) is 5.73 Å². The highest BCUT2D eigenvalue weighted by molar-refractivity contribution is 7.09. The van der Waals surface area contributed by atoms with Gasteiger partial charge in [-0.2, -0.15) is 0 Å². The van der Waals surface area contributed by atoms with Gasteiger partial charge in [-0.15, -0.1) is 11.3 Å². The number of rotatable bonds is 5. The number of aliphatic carboxylic acids is 1. The van der Waals surface area contributed by atoms with Crippen LogP contribution < -0.4 is 5.73 Å². The highest BCUT2D eigenvalue weighted by Crippen LogP contribution is 2.21. The number of hydrogen-bond donors (Lipinski definition) is 2. The predicted molar refractivity (Wildman–Crippen MR) is 69.3 cm³/mol. The lowest BCUT2D eigenvalue weighted by Gasteiger charge is -2.03. The molecule has 2 aromatic rings. The van der Waals surface area contributed by atoms with Crippen LogP contribution in [0.15, 0.2) is 29.9 Å². The Morgan fingerprint density at radius 3 is 3.06 bits per heavy atom. The first-order valence-corrected chi connectivity index (χ1v) is 6.38. The van der Waals surface area contributed by atoms with Gasteiger partial charge in [0.2, 0.25) is 0 Å². The van der Waals surface area contributed by atoms with Gasteiger partial charge in [0.1, 0.15) is 6.04 Å². The molecule has 0 aliphatic carbocycles. The van der Waals surface area contributed by atoms with E-state index in [1.807, 2.05) is 17.5 Å². The summed E-state index contributed by atoms with van der Waals surface area (Å²) in [7, 11) is 0. The number of carboxylic acid groups (broad SMARTS) is 1. The fraction of sp³-hybridized carbons (Fsp3) is 0.250. The summed E-state index contributed by atoms with van der Waals surface area (Å²) >= 11 is 1.51. The Labute approximate surface area is 108 Å². The normalized spacial score (nSPS) is 12.3. The lowest BCUT2D eigenvalue weighted by Crippen LogP contribution is -2.30. The summed E-state index contributed by atoms with van der Waals surface area (Å²) in [6, 6.07) is 2.97. The van der Waals surface area contributed by atoms with E-state index >= 15 is 0 Å². The third-order valence-corrected chi connectivity index (χ3v) is 3.40. The van der Waals surface area contributed by atoms with Crippen molar-refractivity contribution in [3.05, 3.63) is 34.9 Å². The minimum atomic E-state index is -0.973. The van der Waals surface area contributed by atoms with Crippen LogP contribution in [-0.4, -0.2) is 27.1 Å². The second-order valence-corrected chi connectivity index (χ2v) is 4.79. The van der Waals surface area contributed by atoms with Crippen molar-refractivity contribution in [1.29, 1.82) is 0 Å². The van der Waals surface area contributed by atoms with Crippen molar-refractivity contribution >= 4 is 17.3 Å². The number of aromatic nitrogens is 2. The van der Waals surface area contributed by atoms with E-state index in [1.54, 1.807) is 12.4 Å². The van der Waals surface area contributed by atoms with E-state index in [2.05, 4.69) is 9.97 Å². The van der Waals surface area contributed by atoms with Gasteiger partial charge in [0.15, 0.2) is 0 Å². The third-order valence-electron chi connectivity index (χ3n) is 2.50. The zero-order valence-corrected chi connectivity index (χ0v) is 10.4. The first kappa shape index (κ1) is 12.7. The maximum Gasteiger partial charge on any atom is 0.320 e. The zero-order valence-electron chi connectivity index (χ0n) is 9.61. The molecule has 94 valence electrons. The fourth-order valence-electron chi connectivity index (χ4n) is 1.48. The molecule has 18 heavy (non-hydrogen) atoms. The van der Waals surface area contributed by atoms with Crippen LogP contribution in [0.1, 0.15) is 11.4 Å². The van der Waals surface area contributed by atoms with Crippen molar-refractivity contribution in [2.45, 2.75) is 18.9 Å². The van der Waals surface area contributed by atoms with Crippen molar-refractivity contribution in [1.82, 2.24) is 9.97 Å². The Balaban J connectivity index is 2.01. The second-order valence-electron chi connectivity index (χ2n) is 3.85. The second kappa shape index (κ2) is 5.70. The van der Waals surface area contributed by atoms with Gasteiger partial charge < -0.3 is 10.8 Å². The van der Waals surface area contributed by atoms with E-state index in [0.717, 1.165) is 16.3 Å². The van der Waals surface area contributed by atoms with Gasteiger partial charge in [0, 0.05) is 29.8 Å². The average molecular weight is 263 g/mol. The van der Waals surface area contributed by atoms with Gasteiger partial charge in [0.25, 0.3) is 0 Å². The molecule has 0 bridgehead atoms. The van der Waals surface area contributed by atoms with Gasteiger partial charge >= 0.3 is 5.97 Å². The molecule has 3 N–H and O–H groups in total. The molecule has 1 atom stereocenters. The first-order valence-electron chi connectivity index (χ1n) is 5.50. The van der Waals surface area contributed by atoms with Gasteiger partial charge in [-0.05, 0) is 18.6 Å². The Morgan fingerprint density at radius 1 is 1.56 bits per heavy atom. The molecule has 2 heterocycles. The van der Waals surface area contributed by atoms with Crippen LogP contribution in [0.25, 0.3) is 11.3 Å². The molecule has 2 rings (SSSR count). The summed E-state index contributed by atoms with van der Waals surface area (Å²) in [5.41, 5.74) is 7.28. The van der Waals surface area contributed by atoms with E-state index in [4.69, 9.17) is 10.8 Å². The Bertz CT molecular complexity index is 527. The molecule has 2 aromatic heterocycles. The molecule has 0 amide bonds. The molecule has 0 aliphatic rings. The number of carboxylic acids is 1. The molecule has 0 fully saturated rings. The van der Waals surface area contributed by atoms with E-state index in [1.165, 1.54) is 11.3 Å². The quantitative estimate of drug-likeness (QED) is 0.854. The van der Waals surface area contributed by atoms with Crippen molar-refractivity contribution < 1.29 is 9.90 Å². The maximum atomic E-state index is 10.6. The maximum absolute atomic E-state index is 10.6. The average Bonchev–Trinajstić information content (AvgIpc) is 2.85. The summed E-state index contributed by atoms with van der Waals surface area (Å²) in [6.45, 7) is 0. The molecule has 0 saturated heterocycles. The molecule has 0 aromatic carbocycles. The standard InChI is InChI=1S/C12H13N3O2S/c13-9(12(16)17)3-4-11-15-10(7-18-11)8-2-1-5-14-6-8/h1-2,5-7,9H,3-4,13H2,(H,16,17). The van der Waals surface area contributed by atoms with E-state index in [-0.39, 0.29) is 0 Å². The number of carbonyl (C=O) groups is 1. The Hall–Kier alpha value is -1.79. The minimum absolute atomic E-state index is 0.398. The predicted octanol–water partition coefficient (Wildman–Crippen LogP) is 1.55. The molecular formula is C12H13N3O2S. The molecule has 5 nitrogen and oxygen atoms in total. The number of thiazole rings is 1. The summed E-state index contributed by atoms with van der Waals surface area (Å²) in [4.78, 5) is 19.1. The topological polar surface area (TPSA) is 89.1 Å². The first-order chi connectivity index (χ1) is 8.66. The third kappa shape index (κ3) is 3.12. The summed E-state index contributed by atoms with van der Waals surface area (Å²) in [5.74, 6) is -0.973. The lowest BCUT2D eigenvalue weighted by atomic mass is 10.2. The Morgan fingerprint density at radius 2 is 2.39 bits per heavy atom. The van der Waals surface area contributed by atoms with Crippen molar-refractivity contribution in [2.75, 3.05) is 0 Å². The van der Waals surface area contributed by atoms with Crippen LogP contribution in [0, 0.1) is 0 Å². The minimum Gasteiger partial charge on any atom is -0.480 e. The van der Waals surface area contributed by atoms with Gasteiger partial charge in [0.05, 0.1) is 10.7 Å². The summed E-state index contributed by atoms with van der Waals surface area (Å²) in [6.07, 6.45) is 4.44. The monoisotopic (exact) mass is 263 g/mol. The number of hydrogen-bond acceptors (Lipinski definition) is 5. The van der Waals surface area contributed by atoms with E-state index in [9.17, 15) is 4.79 Å². The SMILES string of the molecule is NC(CCc1nc(-c2cccnc2)cs1)C(=O)O. The van der Waals surface area contributed by atoms with E-state index in [0.29, 0.717) is 12.8 Å². The van der Waals surface area contributed by atoms with Crippen LogP contribution in [0.5, 0.6) is 0 Å². The van der Waals surface area contributed by atoms with Crippen LogP contribution in [0.2, 0.25) is 0 Å². The number of pyridine rings is 1. The van der Waals surface area contributed by atoms with E-state index < -0.39 is 12.0 Å². The van der Waals surface area contributed by atoms with Crippen molar-refractivity contribution in [3.63, 3.8) is 0 Å². The van der Waals surface area contributed by atoms with Crippen LogP contribution in [-0.2, 0) is 11.2 Å².